The summed E-state index contributed by atoms with van der Waals surface area (Å²) in [5, 5.41) is 30.7. The molecule has 1 atom stereocenters. The number of carbonyl (C=O) groups excluding carboxylic acids is 1. The number of aryl methyl sites for hydroxylation is 4. The van der Waals surface area contributed by atoms with Gasteiger partial charge in [-0.3, -0.25) is 14.0 Å². The van der Waals surface area contributed by atoms with Crippen LogP contribution in [0.4, 0.5) is 0 Å². The highest BCUT2D eigenvalue weighted by molar-refractivity contribution is 7.89. The van der Waals surface area contributed by atoms with Crippen molar-refractivity contribution in [3.63, 3.8) is 0 Å². The molecule has 0 bridgehead atoms. The number of nitrogens with one attached hydrogen (secondary N) is 1. The van der Waals surface area contributed by atoms with Gasteiger partial charge in [0.2, 0.25) is 21.8 Å². The van der Waals surface area contributed by atoms with Crippen LogP contribution in [0.1, 0.15) is 78.4 Å². The van der Waals surface area contributed by atoms with Gasteiger partial charge in [-0.25, -0.2) is 13.4 Å². The summed E-state index contributed by atoms with van der Waals surface area (Å²) in [5.41, 5.74) is 2.92. The first-order valence-corrected chi connectivity index (χ1v) is 18.9. The molecule has 2 aliphatic heterocycles. The van der Waals surface area contributed by atoms with Crippen molar-refractivity contribution in [1.82, 2.24) is 29.2 Å². The molecule has 1 spiro atoms. The van der Waals surface area contributed by atoms with Crippen molar-refractivity contribution >= 4 is 27.5 Å². The topological polar surface area (TPSA) is 186 Å². The van der Waals surface area contributed by atoms with Crippen LogP contribution in [0.3, 0.4) is 0 Å². The van der Waals surface area contributed by atoms with Gasteiger partial charge in [-0.2, -0.15) is 4.31 Å². The zero-order valence-electron chi connectivity index (χ0n) is 30.2. The van der Waals surface area contributed by atoms with Crippen LogP contribution in [-0.4, -0.2) is 92.9 Å². The molecular formula is C37H46N6O8S. The van der Waals surface area contributed by atoms with Crippen molar-refractivity contribution < 1.29 is 37.7 Å². The summed E-state index contributed by atoms with van der Waals surface area (Å²) in [5.74, 6) is -1.11. The van der Waals surface area contributed by atoms with Crippen LogP contribution < -0.4 is 10.1 Å². The van der Waals surface area contributed by atoms with E-state index in [0.29, 0.717) is 37.4 Å². The van der Waals surface area contributed by atoms with Gasteiger partial charge < -0.3 is 25.0 Å². The molecule has 5 heterocycles. The fourth-order valence-corrected chi connectivity index (χ4v) is 8.73. The van der Waals surface area contributed by atoms with Crippen LogP contribution in [-0.2, 0) is 37.3 Å². The number of hydrogen-bond acceptors (Lipinski definition) is 10. The summed E-state index contributed by atoms with van der Waals surface area (Å²) in [6.07, 6.45) is 3.13. The number of hydrogen-bond donors (Lipinski definition) is 3. The average Bonchev–Trinajstić information content (AvgIpc) is 3.46. The van der Waals surface area contributed by atoms with Gasteiger partial charge in [0.1, 0.15) is 16.3 Å². The van der Waals surface area contributed by atoms with E-state index >= 15 is 0 Å². The van der Waals surface area contributed by atoms with E-state index < -0.39 is 32.9 Å². The number of amides is 1. The van der Waals surface area contributed by atoms with Gasteiger partial charge in [0.25, 0.3) is 0 Å². The molecule has 0 aliphatic carbocycles. The number of aliphatic hydroxyl groups is 1. The lowest BCUT2D eigenvalue weighted by Gasteiger charge is -2.38. The van der Waals surface area contributed by atoms with Gasteiger partial charge in [0.05, 0.1) is 31.8 Å². The smallest absolute Gasteiger partial charge is 0.310 e. The number of benzene rings is 1. The van der Waals surface area contributed by atoms with Crippen molar-refractivity contribution in [2.45, 2.75) is 83.3 Å². The second-order valence-corrected chi connectivity index (χ2v) is 16.2. The Morgan fingerprint density at radius 3 is 2.54 bits per heavy atom. The molecule has 1 aromatic carbocycles. The third kappa shape index (κ3) is 7.14. The quantitative estimate of drug-likeness (QED) is 0.205. The minimum absolute atomic E-state index is 0.000922. The van der Waals surface area contributed by atoms with Gasteiger partial charge in [-0.15, -0.1) is 10.2 Å². The lowest BCUT2D eigenvalue weighted by atomic mass is 9.70. The number of sulfonamides is 1. The molecule has 0 saturated carbocycles. The molecule has 3 aromatic heterocycles. The zero-order valence-corrected chi connectivity index (χ0v) is 31.0. The maximum Gasteiger partial charge on any atom is 0.310 e. The van der Waals surface area contributed by atoms with Gasteiger partial charge in [-0.05, 0) is 87.1 Å². The Labute approximate surface area is 303 Å². The predicted molar refractivity (Wildman–Crippen MR) is 191 cm³/mol. The molecule has 0 unspecified atom stereocenters. The third-order valence-electron chi connectivity index (χ3n) is 10.4. The highest BCUT2D eigenvalue weighted by Crippen LogP contribution is 2.44. The molecule has 1 fully saturated rings. The first-order chi connectivity index (χ1) is 24.7. The Bertz CT molecular complexity index is 2110. The number of carboxylic acid groups (broad SMARTS) is 1. The number of pyridine rings is 2. The predicted octanol–water partition coefficient (Wildman–Crippen LogP) is 3.47. The number of nitrogens with zero attached hydrogens (tertiary/aromatic N) is 5. The average molecular weight is 735 g/mol. The van der Waals surface area contributed by atoms with Crippen molar-refractivity contribution in [3.8, 4) is 5.88 Å². The van der Waals surface area contributed by atoms with E-state index in [0.717, 1.165) is 33.6 Å². The van der Waals surface area contributed by atoms with E-state index in [4.69, 9.17) is 14.6 Å². The van der Waals surface area contributed by atoms with Crippen molar-refractivity contribution in [2.24, 2.45) is 5.41 Å². The highest BCUT2D eigenvalue weighted by Gasteiger charge is 2.46. The molecule has 3 N–H and O–H groups in total. The Hall–Kier alpha value is -4.44. The molecule has 15 heteroatoms. The van der Waals surface area contributed by atoms with E-state index in [1.165, 1.54) is 10.4 Å². The van der Waals surface area contributed by atoms with Crippen molar-refractivity contribution in [1.29, 1.82) is 0 Å². The van der Waals surface area contributed by atoms with Crippen LogP contribution in [0.25, 0.3) is 5.65 Å². The Kier molecular flexibility index (Phi) is 10.4. The van der Waals surface area contributed by atoms with Crippen molar-refractivity contribution in [3.05, 3.63) is 81.9 Å². The largest absolute Gasteiger partial charge is 0.481 e. The summed E-state index contributed by atoms with van der Waals surface area (Å²) >= 11 is 0. The molecule has 0 radical (unpaired) electrons. The van der Waals surface area contributed by atoms with Crippen LogP contribution in [0.15, 0.2) is 47.5 Å². The standard InChI is InChI=1S/C37H46N6O8S/c1-23-6-7-26(32(36(4,5)35(46)47)29-12-16-43-25(3)40-41-33(43)24(29)2)20-27(23)21-42-22-37(13-18-50-19-14-37)51-34-30(52(42,48)49)10-8-28(39-34)9-11-31(45)38-15-17-44/h6-8,10,12,16,20,32,44H,9,11,13-15,17-19,21-22H2,1-5H3,(H,38,45)(H,46,47)/t32-/m1/s1. The maximum absolute atomic E-state index is 14.5. The van der Waals surface area contributed by atoms with E-state index in [2.05, 4.69) is 20.5 Å². The van der Waals surface area contributed by atoms with Gasteiger partial charge in [0.15, 0.2) is 5.65 Å². The molecule has 1 saturated heterocycles. The zero-order chi connectivity index (χ0) is 37.4. The van der Waals surface area contributed by atoms with Crippen LogP contribution >= 0.6 is 0 Å². The molecule has 52 heavy (non-hydrogen) atoms. The monoisotopic (exact) mass is 734 g/mol. The first kappa shape index (κ1) is 37.3. The maximum atomic E-state index is 14.5. The van der Waals surface area contributed by atoms with Gasteiger partial charge in [-0.1, -0.05) is 18.2 Å². The summed E-state index contributed by atoms with van der Waals surface area (Å²) in [6.45, 7) is 9.92. The fraction of sp³-hybridized carbons (Fsp3) is 0.486. The number of aliphatic carboxylic acids is 1. The first-order valence-electron chi connectivity index (χ1n) is 17.4. The summed E-state index contributed by atoms with van der Waals surface area (Å²) in [4.78, 5) is 29.6. The number of aliphatic hydroxyl groups excluding tert-OH is 1. The van der Waals surface area contributed by atoms with E-state index in [1.54, 1.807) is 19.9 Å². The van der Waals surface area contributed by atoms with E-state index in [-0.39, 0.29) is 55.8 Å². The van der Waals surface area contributed by atoms with Crippen molar-refractivity contribution in [2.75, 3.05) is 32.9 Å². The normalized spacial score (nSPS) is 17.7. The fourth-order valence-electron chi connectivity index (χ4n) is 7.19. The Balaban J connectivity index is 1.39. The molecule has 14 nitrogen and oxygen atoms in total. The highest BCUT2D eigenvalue weighted by atomic mass is 32.2. The molecule has 2 aliphatic rings. The molecule has 278 valence electrons. The van der Waals surface area contributed by atoms with Crippen LogP contribution in [0.5, 0.6) is 5.88 Å². The summed E-state index contributed by atoms with van der Waals surface area (Å²) in [6, 6.07) is 10.7. The van der Waals surface area contributed by atoms with E-state index in [1.807, 2.05) is 55.6 Å². The SMILES string of the molecule is Cc1ccc([C@H](c2ccn3c(C)nnc3c2C)C(C)(C)C(=O)O)cc1CN1CC2(CCOCC2)Oc2nc(CCC(=O)NCCO)ccc2S1(=O)=O. The molecular weight excluding hydrogens is 689 g/mol. The minimum atomic E-state index is -4.14. The second kappa shape index (κ2) is 14.5. The molecule has 6 rings (SSSR count). The number of carboxylic acids is 1. The lowest BCUT2D eigenvalue weighted by Crippen LogP contribution is -2.50. The Morgan fingerprint density at radius 1 is 1.08 bits per heavy atom. The third-order valence-corrected chi connectivity index (χ3v) is 12.2. The summed E-state index contributed by atoms with van der Waals surface area (Å²) in [7, 11) is -4.14. The number of rotatable bonds is 11. The van der Waals surface area contributed by atoms with Gasteiger partial charge >= 0.3 is 5.97 Å². The van der Waals surface area contributed by atoms with Crippen LogP contribution in [0.2, 0.25) is 0 Å². The van der Waals surface area contributed by atoms with Crippen LogP contribution in [0, 0.1) is 26.2 Å². The number of carbonyl (C=O) groups is 2. The van der Waals surface area contributed by atoms with Gasteiger partial charge in [0, 0.05) is 50.2 Å². The lowest BCUT2D eigenvalue weighted by molar-refractivity contribution is -0.147. The number of aromatic nitrogens is 4. The number of ether oxygens (including phenoxy) is 2. The summed E-state index contributed by atoms with van der Waals surface area (Å²) < 4.78 is 44.5. The molecule has 4 aromatic rings. The van der Waals surface area contributed by atoms with E-state index in [9.17, 15) is 23.1 Å². The Morgan fingerprint density at radius 2 is 1.83 bits per heavy atom. The molecule has 1 amide bonds. The number of fused-ring (bicyclic) bond motifs is 2. The second-order valence-electron chi connectivity index (χ2n) is 14.3. The minimum Gasteiger partial charge on any atom is -0.481 e.